The van der Waals surface area contributed by atoms with E-state index in [-0.39, 0.29) is 30.8 Å². The molecule has 0 aromatic heterocycles. The van der Waals surface area contributed by atoms with Crippen molar-refractivity contribution in [3.63, 3.8) is 0 Å². The van der Waals surface area contributed by atoms with Gasteiger partial charge in [-0.3, -0.25) is 9.59 Å². The van der Waals surface area contributed by atoms with Crippen LogP contribution in [0.4, 0.5) is 0 Å². The predicted molar refractivity (Wildman–Crippen MR) is 195 cm³/mol. The van der Waals surface area contributed by atoms with Crippen LogP contribution in [0.25, 0.3) is 0 Å². The highest BCUT2D eigenvalue weighted by atomic mass is 16.5. The minimum atomic E-state index is -0.0729. The fourth-order valence-corrected chi connectivity index (χ4v) is 6.32. The molecule has 0 radical (unpaired) electrons. The first-order valence-electron chi connectivity index (χ1n) is 20.2. The van der Waals surface area contributed by atoms with Gasteiger partial charge in [0.1, 0.15) is 12.2 Å². The lowest BCUT2D eigenvalue weighted by Crippen LogP contribution is -2.30. The van der Waals surface area contributed by atoms with Gasteiger partial charge in [-0.25, -0.2) is 0 Å². The Morgan fingerprint density at radius 2 is 0.848 bits per heavy atom. The van der Waals surface area contributed by atoms with Crippen molar-refractivity contribution >= 4 is 11.9 Å². The Hall–Kier alpha value is -1.14. The Labute approximate surface area is 286 Å². The molecule has 1 N–H and O–H groups in total. The molecule has 0 aliphatic heterocycles. The van der Waals surface area contributed by atoms with Crippen LogP contribution in [0, 0.1) is 0 Å². The first-order chi connectivity index (χ1) is 22.5. The number of nitrogens with zero attached hydrogens (tertiary/aromatic N) is 1. The molecule has 6 heteroatoms. The van der Waals surface area contributed by atoms with E-state index in [1.165, 1.54) is 96.3 Å². The van der Waals surface area contributed by atoms with E-state index in [4.69, 9.17) is 9.47 Å². The maximum Gasteiger partial charge on any atom is 0.306 e. The van der Waals surface area contributed by atoms with E-state index in [1.54, 1.807) is 0 Å². The maximum absolute atomic E-state index is 12.8. The number of hydrogen-bond donors (Lipinski definition) is 1. The number of esters is 2. The van der Waals surface area contributed by atoms with Crippen LogP contribution in [0.5, 0.6) is 0 Å². The highest BCUT2D eigenvalue weighted by Crippen LogP contribution is 2.18. The summed E-state index contributed by atoms with van der Waals surface area (Å²) in [7, 11) is 0. The van der Waals surface area contributed by atoms with Crippen LogP contribution in [0.15, 0.2) is 0 Å². The van der Waals surface area contributed by atoms with Gasteiger partial charge in [0.05, 0.1) is 6.61 Å². The average molecular weight is 654 g/mol. The number of rotatable bonds is 36. The van der Waals surface area contributed by atoms with Crippen LogP contribution in [-0.4, -0.2) is 60.4 Å². The van der Waals surface area contributed by atoms with Gasteiger partial charge in [0, 0.05) is 19.4 Å². The normalized spacial score (nSPS) is 12.2. The topological polar surface area (TPSA) is 76.1 Å². The lowest BCUT2D eigenvalue weighted by Gasteiger charge is -2.22. The van der Waals surface area contributed by atoms with Gasteiger partial charge in [-0.05, 0) is 77.3 Å². The highest BCUT2D eigenvalue weighted by Gasteiger charge is 2.16. The zero-order valence-corrected chi connectivity index (χ0v) is 31.3. The van der Waals surface area contributed by atoms with Crippen molar-refractivity contribution in [2.75, 3.05) is 26.2 Å². The molecule has 1 atom stereocenters. The van der Waals surface area contributed by atoms with E-state index >= 15 is 0 Å². The van der Waals surface area contributed by atoms with Gasteiger partial charge in [-0.2, -0.15) is 0 Å². The third-order valence-electron chi connectivity index (χ3n) is 9.22. The number of carbonyl (C=O) groups is 2. The second-order valence-corrected chi connectivity index (χ2v) is 13.8. The summed E-state index contributed by atoms with van der Waals surface area (Å²) in [6.07, 6.45) is 31.0. The molecule has 0 saturated heterocycles. The van der Waals surface area contributed by atoms with Crippen LogP contribution in [0.2, 0.25) is 0 Å². The Morgan fingerprint density at radius 3 is 1.28 bits per heavy atom. The summed E-state index contributed by atoms with van der Waals surface area (Å²) in [4.78, 5) is 27.5. The van der Waals surface area contributed by atoms with E-state index in [0.29, 0.717) is 19.4 Å². The van der Waals surface area contributed by atoms with Crippen molar-refractivity contribution in [2.45, 2.75) is 220 Å². The Balaban J connectivity index is 4.41. The third-order valence-corrected chi connectivity index (χ3v) is 9.22. The predicted octanol–water partition coefficient (Wildman–Crippen LogP) is 11.1. The monoisotopic (exact) mass is 654 g/mol. The molecule has 0 fully saturated rings. The van der Waals surface area contributed by atoms with E-state index < -0.39 is 0 Å². The zero-order chi connectivity index (χ0) is 33.9. The molecule has 0 rings (SSSR count). The lowest BCUT2D eigenvalue weighted by molar-refractivity contribution is -0.151. The number of unbranched alkanes of at least 4 members (excludes halogenated alkanes) is 16. The first-order valence-corrected chi connectivity index (χ1v) is 20.2. The maximum atomic E-state index is 12.8. The van der Waals surface area contributed by atoms with Crippen molar-refractivity contribution < 1.29 is 24.2 Å². The van der Waals surface area contributed by atoms with E-state index in [1.807, 2.05) is 0 Å². The lowest BCUT2D eigenvalue weighted by atomic mass is 10.0. The molecule has 1 unspecified atom stereocenters. The molecule has 274 valence electrons. The third kappa shape index (κ3) is 30.2. The van der Waals surface area contributed by atoms with Crippen LogP contribution < -0.4 is 0 Å². The summed E-state index contributed by atoms with van der Waals surface area (Å²) in [5.41, 5.74) is 0. The quantitative estimate of drug-likeness (QED) is 0.0535. The molecule has 6 nitrogen and oxygen atoms in total. The standard InChI is InChI=1S/C40H79NO5/c1-5-9-12-15-18-21-28-37(27-8-4)45-39(43)31-24-25-33-41(35-36-42)34-26-32-40(44)46-38(29-22-19-16-13-10-6-2)30-23-20-17-14-11-7-3/h37-38,42H,5-36H2,1-4H3. The summed E-state index contributed by atoms with van der Waals surface area (Å²) >= 11 is 0. The molecule has 0 heterocycles. The molecule has 0 saturated carbocycles. The smallest absolute Gasteiger partial charge is 0.306 e. The van der Waals surface area contributed by atoms with Crippen molar-refractivity contribution in [1.29, 1.82) is 0 Å². The Bertz CT molecular complexity index is 642. The molecular weight excluding hydrogens is 574 g/mol. The number of ether oxygens (including phenoxy) is 2. The van der Waals surface area contributed by atoms with Gasteiger partial charge >= 0.3 is 11.9 Å². The van der Waals surface area contributed by atoms with Gasteiger partial charge < -0.3 is 19.5 Å². The summed E-state index contributed by atoms with van der Waals surface area (Å²) in [5, 5.41) is 9.58. The molecule has 0 bridgehead atoms. The summed E-state index contributed by atoms with van der Waals surface area (Å²) in [6.45, 7) is 11.2. The van der Waals surface area contributed by atoms with E-state index in [0.717, 1.165) is 83.7 Å². The molecular formula is C40H79NO5. The summed E-state index contributed by atoms with van der Waals surface area (Å²) in [6, 6.07) is 0. The second kappa shape index (κ2) is 35.2. The molecule has 0 spiro atoms. The molecule has 0 aromatic carbocycles. The Morgan fingerprint density at radius 1 is 0.457 bits per heavy atom. The number of hydrogen-bond acceptors (Lipinski definition) is 6. The number of aliphatic hydroxyl groups is 1. The molecule has 0 aromatic rings. The Kier molecular flexibility index (Phi) is 34.3. The fourth-order valence-electron chi connectivity index (χ4n) is 6.32. The molecule has 0 amide bonds. The number of aliphatic hydroxyl groups excluding tert-OH is 1. The minimum absolute atomic E-state index is 0.0564. The van der Waals surface area contributed by atoms with Crippen molar-refractivity contribution in [2.24, 2.45) is 0 Å². The van der Waals surface area contributed by atoms with Crippen molar-refractivity contribution in [3.05, 3.63) is 0 Å². The largest absolute Gasteiger partial charge is 0.462 e. The van der Waals surface area contributed by atoms with Crippen molar-refractivity contribution in [1.82, 2.24) is 4.90 Å². The second-order valence-electron chi connectivity index (χ2n) is 13.8. The summed E-state index contributed by atoms with van der Waals surface area (Å²) in [5.74, 6) is -0.145. The highest BCUT2D eigenvalue weighted by molar-refractivity contribution is 5.69. The molecule has 0 aliphatic rings. The van der Waals surface area contributed by atoms with Gasteiger partial charge in [-0.15, -0.1) is 0 Å². The van der Waals surface area contributed by atoms with Crippen LogP contribution in [0.1, 0.15) is 207 Å². The zero-order valence-electron chi connectivity index (χ0n) is 31.3. The first kappa shape index (κ1) is 44.9. The molecule has 0 aliphatic carbocycles. The van der Waals surface area contributed by atoms with Gasteiger partial charge in [-0.1, -0.05) is 130 Å². The fraction of sp³-hybridized carbons (Fsp3) is 0.950. The minimum Gasteiger partial charge on any atom is -0.462 e. The van der Waals surface area contributed by atoms with Crippen molar-refractivity contribution in [3.8, 4) is 0 Å². The average Bonchev–Trinajstić information content (AvgIpc) is 3.04. The molecule has 46 heavy (non-hydrogen) atoms. The van der Waals surface area contributed by atoms with Crippen LogP contribution in [0.3, 0.4) is 0 Å². The number of carbonyl (C=O) groups excluding carboxylic acids is 2. The summed E-state index contributed by atoms with van der Waals surface area (Å²) < 4.78 is 11.9. The van der Waals surface area contributed by atoms with Crippen LogP contribution in [-0.2, 0) is 19.1 Å². The van der Waals surface area contributed by atoms with Gasteiger partial charge in [0.15, 0.2) is 0 Å². The van der Waals surface area contributed by atoms with Gasteiger partial charge in [0.2, 0.25) is 0 Å². The van der Waals surface area contributed by atoms with Gasteiger partial charge in [0.25, 0.3) is 0 Å². The van der Waals surface area contributed by atoms with Crippen LogP contribution >= 0.6 is 0 Å². The van der Waals surface area contributed by atoms with E-state index in [2.05, 4.69) is 32.6 Å². The van der Waals surface area contributed by atoms with E-state index in [9.17, 15) is 14.7 Å². The SMILES string of the molecule is CCCCCCCCC(CCC)OC(=O)CCCCN(CCO)CCCC(=O)OC(CCCCCCCC)CCCCCCCC.